The first-order valence-corrected chi connectivity index (χ1v) is 8.92. The SMILES string of the molecule is COc1ccc2cc(-c3csc(NC(=O)c4cccc(C)c4)n3)oc2c1. The molecule has 26 heavy (non-hydrogen) atoms. The molecule has 0 aliphatic rings. The zero-order chi connectivity index (χ0) is 18.1. The number of nitrogens with one attached hydrogen (secondary N) is 1. The molecular weight excluding hydrogens is 348 g/mol. The van der Waals surface area contributed by atoms with E-state index in [2.05, 4.69) is 10.3 Å². The van der Waals surface area contributed by atoms with E-state index < -0.39 is 0 Å². The van der Waals surface area contributed by atoms with Crippen LogP contribution in [0.5, 0.6) is 5.75 Å². The average Bonchev–Trinajstić information content (AvgIpc) is 3.27. The Kier molecular flexibility index (Phi) is 4.18. The molecule has 5 nitrogen and oxygen atoms in total. The van der Waals surface area contributed by atoms with Crippen molar-refractivity contribution in [2.45, 2.75) is 6.92 Å². The van der Waals surface area contributed by atoms with Gasteiger partial charge in [-0.25, -0.2) is 4.98 Å². The number of methoxy groups -OCH3 is 1. The van der Waals surface area contributed by atoms with Gasteiger partial charge in [-0.15, -0.1) is 11.3 Å². The standard InChI is InChI=1S/C20H16N2O3S/c1-12-4-3-5-14(8-12)19(23)22-20-21-16(11-26-20)18-9-13-6-7-15(24-2)10-17(13)25-18/h3-11H,1-2H3,(H,21,22,23). The molecule has 2 aromatic carbocycles. The number of anilines is 1. The molecule has 0 aliphatic carbocycles. The maximum atomic E-state index is 12.3. The van der Waals surface area contributed by atoms with Gasteiger partial charge >= 0.3 is 0 Å². The fourth-order valence-electron chi connectivity index (χ4n) is 2.66. The van der Waals surface area contributed by atoms with Crippen molar-refractivity contribution in [3.63, 3.8) is 0 Å². The van der Waals surface area contributed by atoms with E-state index in [0.29, 0.717) is 22.1 Å². The van der Waals surface area contributed by atoms with Gasteiger partial charge in [-0.3, -0.25) is 10.1 Å². The molecule has 0 saturated carbocycles. The highest BCUT2D eigenvalue weighted by atomic mass is 32.1. The Morgan fingerprint density at radius 3 is 2.88 bits per heavy atom. The van der Waals surface area contributed by atoms with Crippen LogP contribution in [-0.2, 0) is 0 Å². The van der Waals surface area contributed by atoms with Crippen LogP contribution >= 0.6 is 11.3 Å². The number of amides is 1. The number of nitrogens with zero attached hydrogens (tertiary/aromatic N) is 1. The van der Waals surface area contributed by atoms with E-state index in [1.54, 1.807) is 13.2 Å². The fourth-order valence-corrected chi connectivity index (χ4v) is 3.36. The second kappa shape index (κ2) is 6.65. The fraction of sp³-hybridized carbons (Fsp3) is 0.100. The van der Waals surface area contributed by atoms with Gasteiger partial charge in [-0.1, -0.05) is 17.7 Å². The van der Waals surface area contributed by atoms with Crippen molar-refractivity contribution >= 4 is 33.3 Å². The molecule has 1 amide bonds. The summed E-state index contributed by atoms with van der Waals surface area (Å²) >= 11 is 1.36. The molecule has 0 fully saturated rings. The van der Waals surface area contributed by atoms with Crippen molar-refractivity contribution in [2.75, 3.05) is 12.4 Å². The Balaban J connectivity index is 1.57. The van der Waals surface area contributed by atoms with Crippen LogP contribution in [0, 0.1) is 6.92 Å². The van der Waals surface area contributed by atoms with E-state index >= 15 is 0 Å². The van der Waals surface area contributed by atoms with Crippen LogP contribution < -0.4 is 10.1 Å². The van der Waals surface area contributed by atoms with Gasteiger partial charge in [0.15, 0.2) is 10.9 Å². The summed E-state index contributed by atoms with van der Waals surface area (Å²) in [6.07, 6.45) is 0. The van der Waals surface area contributed by atoms with E-state index in [4.69, 9.17) is 9.15 Å². The molecule has 4 rings (SSSR count). The van der Waals surface area contributed by atoms with Crippen LogP contribution in [0.2, 0.25) is 0 Å². The highest BCUT2D eigenvalue weighted by Gasteiger charge is 2.13. The third-order valence-electron chi connectivity index (χ3n) is 3.98. The predicted octanol–water partition coefficient (Wildman–Crippen LogP) is 5.13. The van der Waals surface area contributed by atoms with Crippen LogP contribution in [0.15, 0.2) is 58.3 Å². The highest BCUT2D eigenvalue weighted by molar-refractivity contribution is 7.14. The Morgan fingerprint density at radius 2 is 2.08 bits per heavy atom. The lowest BCUT2D eigenvalue weighted by Crippen LogP contribution is -2.11. The number of hydrogen-bond acceptors (Lipinski definition) is 5. The first-order chi connectivity index (χ1) is 12.6. The molecule has 0 saturated heterocycles. The van der Waals surface area contributed by atoms with Gasteiger partial charge in [0.2, 0.25) is 0 Å². The summed E-state index contributed by atoms with van der Waals surface area (Å²) in [7, 11) is 1.62. The predicted molar refractivity (Wildman–Crippen MR) is 103 cm³/mol. The Hall–Kier alpha value is -3.12. The molecular formula is C20H16N2O3S. The molecule has 0 bridgehead atoms. The number of rotatable bonds is 4. The number of aromatic nitrogens is 1. The highest BCUT2D eigenvalue weighted by Crippen LogP contribution is 2.32. The summed E-state index contributed by atoms with van der Waals surface area (Å²) < 4.78 is 11.1. The van der Waals surface area contributed by atoms with Gasteiger partial charge in [0.1, 0.15) is 17.0 Å². The second-order valence-electron chi connectivity index (χ2n) is 5.88. The first-order valence-electron chi connectivity index (χ1n) is 8.04. The molecule has 2 heterocycles. The number of carbonyl (C=O) groups is 1. The number of ether oxygens (including phenoxy) is 1. The van der Waals surface area contributed by atoms with Crippen molar-refractivity contribution in [1.82, 2.24) is 4.98 Å². The average molecular weight is 364 g/mol. The molecule has 1 N–H and O–H groups in total. The van der Waals surface area contributed by atoms with Crippen molar-refractivity contribution < 1.29 is 13.9 Å². The van der Waals surface area contributed by atoms with Gasteiger partial charge in [0, 0.05) is 22.4 Å². The van der Waals surface area contributed by atoms with Crippen molar-refractivity contribution in [3.8, 4) is 17.2 Å². The third kappa shape index (κ3) is 3.19. The molecule has 0 unspecified atom stereocenters. The number of thiazole rings is 1. The van der Waals surface area contributed by atoms with Crippen molar-refractivity contribution in [3.05, 3.63) is 65.0 Å². The summed E-state index contributed by atoms with van der Waals surface area (Å²) in [6, 6.07) is 15.0. The largest absolute Gasteiger partial charge is 0.497 e. The van der Waals surface area contributed by atoms with E-state index in [1.807, 2.05) is 54.8 Å². The number of aryl methyl sites for hydroxylation is 1. The van der Waals surface area contributed by atoms with Crippen LogP contribution in [0.4, 0.5) is 5.13 Å². The van der Waals surface area contributed by atoms with Crippen molar-refractivity contribution in [1.29, 1.82) is 0 Å². The molecule has 0 atom stereocenters. The molecule has 4 aromatic rings. The maximum Gasteiger partial charge on any atom is 0.257 e. The summed E-state index contributed by atoms with van der Waals surface area (Å²) in [5.74, 6) is 1.22. The third-order valence-corrected chi connectivity index (χ3v) is 4.74. The molecule has 0 spiro atoms. The summed E-state index contributed by atoms with van der Waals surface area (Å²) in [4.78, 5) is 16.8. The van der Waals surface area contributed by atoms with E-state index in [-0.39, 0.29) is 5.91 Å². The van der Waals surface area contributed by atoms with Gasteiger partial charge in [-0.05, 0) is 37.3 Å². The summed E-state index contributed by atoms with van der Waals surface area (Å²) in [5.41, 5.74) is 3.06. The van der Waals surface area contributed by atoms with Crippen LogP contribution in [-0.4, -0.2) is 18.0 Å². The maximum absolute atomic E-state index is 12.3. The van der Waals surface area contributed by atoms with Crippen LogP contribution in [0.1, 0.15) is 15.9 Å². The molecule has 6 heteroatoms. The summed E-state index contributed by atoms with van der Waals surface area (Å²) in [5, 5.41) is 6.20. The smallest absolute Gasteiger partial charge is 0.257 e. The second-order valence-corrected chi connectivity index (χ2v) is 6.73. The Labute approximate surface area is 154 Å². The lowest BCUT2D eigenvalue weighted by atomic mass is 10.1. The lowest BCUT2D eigenvalue weighted by Gasteiger charge is -2.02. The van der Waals surface area contributed by atoms with E-state index in [9.17, 15) is 4.79 Å². The molecule has 0 radical (unpaired) electrons. The molecule has 130 valence electrons. The number of benzene rings is 2. The number of furan rings is 1. The van der Waals surface area contributed by atoms with E-state index in [1.165, 1.54) is 11.3 Å². The minimum atomic E-state index is -0.177. The monoisotopic (exact) mass is 364 g/mol. The number of hydrogen-bond donors (Lipinski definition) is 1. The van der Waals surface area contributed by atoms with Gasteiger partial charge in [0.25, 0.3) is 5.91 Å². The Bertz CT molecular complexity index is 1100. The van der Waals surface area contributed by atoms with Crippen molar-refractivity contribution in [2.24, 2.45) is 0 Å². The minimum absolute atomic E-state index is 0.177. The van der Waals surface area contributed by atoms with Gasteiger partial charge < -0.3 is 9.15 Å². The minimum Gasteiger partial charge on any atom is -0.497 e. The Morgan fingerprint density at radius 1 is 1.19 bits per heavy atom. The van der Waals surface area contributed by atoms with E-state index in [0.717, 1.165) is 22.3 Å². The first kappa shape index (κ1) is 16.4. The summed E-state index contributed by atoms with van der Waals surface area (Å²) in [6.45, 7) is 1.95. The quantitative estimate of drug-likeness (QED) is 0.545. The van der Waals surface area contributed by atoms with Crippen LogP contribution in [0.25, 0.3) is 22.4 Å². The van der Waals surface area contributed by atoms with Gasteiger partial charge in [-0.2, -0.15) is 0 Å². The normalized spacial score (nSPS) is 10.8. The topological polar surface area (TPSA) is 64.4 Å². The zero-order valence-electron chi connectivity index (χ0n) is 14.3. The molecule has 0 aliphatic heterocycles. The van der Waals surface area contributed by atoms with Gasteiger partial charge in [0.05, 0.1) is 7.11 Å². The zero-order valence-corrected chi connectivity index (χ0v) is 15.1. The van der Waals surface area contributed by atoms with Crippen LogP contribution in [0.3, 0.4) is 0 Å². The number of carbonyl (C=O) groups excluding carboxylic acids is 1. The molecule has 2 aromatic heterocycles. The lowest BCUT2D eigenvalue weighted by molar-refractivity contribution is 0.102. The number of fused-ring (bicyclic) bond motifs is 1.